The molecule has 4 nitrogen and oxygen atoms in total. The Morgan fingerprint density at radius 2 is 1.90 bits per heavy atom. The fourth-order valence-electron chi connectivity index (χ4n) is 5.00. The molecule has 2 aromatic carbocycles. The van der Waals surface area contributed by atoms with Gasteiger partial charge < -0.3 is 10.1 Å². The SMILES string of the molecule is CCC1(CC)C[C@@H](NC(=O)[C@H]2CCCN(Cc3ccccc3Cl)C2)c2ccccc2O1. The number of hydrogen-bond donors (Lipinski definition) is 1. The van der Waals surface area contributed by atoms with Crippen LogP contribution >= 0.6 is 11.6 Å². The standard InChI is InChI=1S/C26H33ClN2O2/c1-3-26(4-2)16-23(21-12-6-8-14-24(21)31-26)28-25(30)20-11-9-15-29(18-20)17-19-10-5-7-13-22(19)27/h5-8,10,12-14,20,23H,3-4,9,11,15-18H2,1-2H3,(H,28,30)/t20-,23+/m0/s1. The van der Waals surface area contributed by atoms with E-state index >= 15 is 0 Å². The molecule has 166 valence electrons. The smallest absolute Gasteiger partial charge is 0.224 e. The highest BCUT2D eigenvalue weighted by Gasteiger charge is 2.39. The fraction of sp³-hybridized carbons (Fsp3) is 0.500. The topological polar surface area (TPSA) is 41.6 Å². The van der Waals surface area contributed by atoms with Crippen LogP contribution in [0.4, 0.5) is 0 Å². The molecule has 1 N–H and O–H groups in total. The second-order valence-electron chi connectivity index (χ2n) is 8.96. The molecule has 0 radical (unpaired) electrons. The minimum absolute atomic E-state index is 0.00343. The van der Waals surface area contributed by atoms with Gasteiger partial charge in [-0.15, -0.1) is 0 Å². The maximum Gasteiger partial charge on any atom is 0.224 e. The van der Waals surface area contributed by atoms with Gasteiger partial charge in [-0.2, -0.15) is 0 Å². The lowest BCUT2D eigenvalue weighted by molar-refractivity contribution is -0.128. The minimum Gasteiger partial charge on any atom is -0.487 e. The molecule has 5 heteroatoms. The molecule has 4 rings (SSSR count). The van der Waals surface area contributed by atoms with Crippen molar-refractivity contribution in [1.29, 1.82) is 0 Å². The van der Waals surface area contributed by atoms with Crippen molar-refractivity contribution in [1.82, 2.24) is 10.2 Å². The number of para-hydroxylation sites is 1. The van der Waals surface area contributed by atoms with Crippen LogP contribution in [0.5, 0.6) is 5.75 Å². The minimum atomic E-state index is -0.213. The zero-order valence-corrected chi connectivity index (χ0v) is 19.3. The Labute approximate surface area is 190 Å². The number of rotatable bonds is 6. The number of nitrogens with zero attached hydrogens (tertiary/aromatic N) is 1. The summed E-state index contributed by atoms with van der Waals surface area (Å²) >= 11 is 6.36. The van der Waals surface area contributed by atoms with Crippen molar-refractivity contribution in [3.05, 3.63) is 64.7 Å². The molecule has 0 aliphatic carbocycles. The van der Waals surface area contributed by atoms with Crippen molar-refractivity contribution >= 4 is 17.5 Å². The molecule has 1 fully saturated rings. The molecular weight excluding hydrogens is 408 g/mol. The number of ether oxygens (including phenoxy) is 1. The first-order valence-corrected chi connectivity index (χ1v) is 12.0. The van der Waals surface area contributed by atoms with Crippen molar-refractivity contribution < 1.29 is 9.53 Å². The predicted molar refractivity (Wildman–Crippen MR) is 125 cm³/mol. The van der Waals surface area contributed by atoms with E-state index in [4.69, 9.17) is 16.3 Å². The van der Waals surface area contributed by atoms with Gasteiger partial charge >= 0.3 is 0 Å². The Bertz CT molecular complexity index is 912. The Morgan fingerprint density at radius 3 is 2.68 bits per heavy atom. The second kappa shape index (κ2) is 9.62. The van der Waals surface area contributed by atoms with E-state index in [1.807, 2.05) is 36.4 Å². The van der Waals surface area contributed by atoms with Crippen molar-refractivity contribution in [3.63, 3.8) is 0 Å². The van der Waals surface area contributed by atoms with Crippen LogP contribution in [-0.4, -0.2) is 29.5 Å². The molecular formula is C26H33ClN2O2. The van der Waals surface area contributed by atoms with Crippen LogP contribution < -0.4 is 10.1 Å². The van der Waals surface area contributed by atoms with E-state index in [2.05, 4.69) is 36.2 Å². The molecule has 0 unspecified atom stereocenters. The summed E-state index contributed by atoms with van der Waals surface area (Å²) in [5.74, 6) is 1.07. The third-order valence-corrected chi connectivity index (χ3v) is 7.40. The normalized spacial score (nSPS) is 22.9. The highest BCUT2D eigenvalue weighted by atomic mass is 35.5. The van der Waals surface area contributed by atoms with Crippen LogP contribution in [0.1, 0.15) is 63.1 Å². The molecule has 1 saturated heterocycles. The largest absolute Gasteiger partial charge is 0.487 e. The number of hydrogen-bond acceptors (Lipinski definition) is 3. The molecule has 1 amide bonds. The molecule has 0 bridgehead atoms. The monoisotopic (exact) mass is 440 g/mol. The number of piperidine rings is 1. The number of benzene rings is 2. The molecule has 31 heavy (non-hydrogen) atoms. The molecule has 2 aliphatic heterocycles. The lowest BCUT2D eigenvalue weighted by Crippen LogP contribution is -2.48. The summed E-state index contributed by atoms with van der Waals surface area (Å²) < 4.78 is 6.40. The fourth-order valence-corrected chi connectivity index (χ4v) is 5.20. The molecule has 2 atom stereocenters. The average Bonchev–Trinajstić information content (AvgIpc) is 2.80. The van der Waals surface area contributed by atoms with Crippen molar-refractivity contribution in [2.45, 2.75) is 64.1 Å². The summed E-state index contributed by atoms with van der Waals surface area (Å²) in [6.07, 6.45) is 4.64. The van der Waals surface area contributed by atoms with Gasteiger partial charge in [0.25, 0.3) is 0 Å². The van der Waals surface area contributed by atoms with Gasteiger partial charge in [-0.1, -0.05) is 61.8 Å². The van der Waals surface area contributed by atoms with E-state index in [0.717, 1.165) is 73.6 Å². The van der Waals surface area contributed by atoms with Crippen LogP contribution in [0.2, 0.25) is 5.02 Å². The quantitative estimate of drug-likeness (QED) is 0.621. The lowest BCUT2D eigenvalue weighted by atomic mass is 9.83. The second-order valence-corrected chi connectivity index (χ2v) is 9.37. The lowest BCUT2D eigenvalue weighted by Gasteiger charge is -2.42. The first kappa shape index (κ1) is 22.2. The van der Waals surface area contributed by atoms with Crippen molar-refractivity contribution in [3.8, 4) is 5.75 Å². The number of amides is 1. The Kier molecular flexibility index (Phi) is 6.88. The zero-order chi connectivity index (χ0) is 21.8. The maximum atomic E-state index is 13.3. The van der Waals surface area contributed by atoms with Gasteiger partial charge in [0.15, 0.2) is 0 Å². The molecule has 2 aromatic rings. The molecule has 2 heterocycles. The number of likely N-dealkylation sites (tertiary alicyclic amines) is 1. The summed E-state index contributed by atoms with van der Waals surface area (Å²) in [4.78, 5) is 15.7. The first-order valence-electron chi connectivity index (χ1n) is 11.6. The average molecular weight is 441 g/mol. The number of carbonyl (C=O) groups is 1. The van der Waals surface area contributed by atoms with Gasteiger partial charge in [-0.25, -0.2) is 0 Å². The molecule has 0 aromatic heterocycles. The van der Waals surface area contributed by atoms with E-state index in [9.17, 15) is 4.79 Å². The third-order valence-electron chi connectivity index (χ3n) is 7.03. The van der Waals surface area contributed by atoms with Crippen LogP contribution in [0.25, 0.3) is 0 Å². The Morgan fingerprint density at radius 1 is 1.16 bits per heavy atom. The van der Waals surface area contributed by atoms with Gasteiger partial charge in [-0.3, -0.25) is 9.69 Å². The van der Waals surface area contributed by atoms with Crippen LogP contribution in [0, 0.1) is 5.92 Å². The van der Waals surface area contributed by atoms with Gasteiger partial charge in [0.1, 0.15) is 11.4 Å². The highest BCUT2D eigenvalue weighted by molar-refractivity contribution is 6.31. The van der Waals surface area contributed by atoms with E-state index in [-0.39, 0.29) is 23.5 Å². The summed E-state index contributed by atoms with van der Waals surface area (Å²) in [5.41, 5.74) is 2.01. The molecule has 0 saturated carbocycles. The zero-order valence-electron chi connectivity index (χ0n) is 18.6. The Hall–Kier alpha value is -2.04. The number of carbonyl (C=O) groups excluding carboxylic acids is 1. The summed E-state index contributed by atoms with van der Waals surface area (Å²) in [5, 5.41) is 4.19. The molecule has 2 aliphatic rings. The number of fused-ring (bicyclic) bond motifs is 1. The van der Waals surface area contributed by atoms with E-state index in [1.165, 1.54) is 0 Å². The summed E-state index contributed by atoms with van der Waals surface area (Å²) in [6, 6.07) is 16.1. The highest BCUT2D eigenvalue weighted by Crippen LogP contribution is 2.42. The van der Waals surface area contributed by atoms with Crippen LogP contribution in [0.15, 0.2) is 48.5 Å². The molecule has 0 spiro atoms. The van der Waals surface area contributed by atoms with Crippen molar-refractivity contribution in [2.75, 3.05) is 13.1 Å². The number of nitrogens with one attached hydrogen (secondary N) is 1. The number of halogens is 1. The Balaban J connectivity index is 1.45. The third kappa shape index (κ3) is 4.91. The van der Waals surface area contributed by atoms with Gasteiger partial charge in [0.05, 0.1) is 12.0 Å². The van der Waals surface area contributed by atoms with Gasteiger partial charge in [0.2, 0.25) is 5.91 Å². The van der Waals surface area contributed by atoms with Gasteiger partial charge in [-0.05, 0) is 49.9 Å². The predicted octanol–water partition coefficient (Wildman–Crippen LogP) is 5.75. The maximum absolute atomic E-state index is 13.3. The summed E-state index contributed by atoms with van der Waals surface area (Å²) in [7, 11) is 0. The summed E-state index contributed by atoms with van der Waals surface area (Å²) in [6.45, 7) is 6.91. The van der Waals surface area contributed by atoms with E-state index < -0.39 is 0 Å². The van der Waals surface area contributed by atoms with Gasteiger partial charge in [0, 0.05) is 30.1 Å². The van der Waals surface area contributed by atoms with Crippen molar-refractivity contribution in [2.24, 2.45) is 5.92 Å². The van der Waals surface area contributed by atoms with Crippen LogP contribution in [-0.2, 0) is 11.3 Å². The van der Waals surface area contributed by atoms with E-state index in [0.29, 0.717) is 0 Å². The van der Waals surface area contributed by atoms with Crippen LogP contribution in [0.3, 0.4) is 0 Å². The van der Waals surface area contributed by atoms with E-state index in [1.54, 1.807) is 0 Å². The first-order chi connectivity index (χ1) is 15.0.